The molecule has 0 bridgehead atoms. The first-order valence-corrected chi connectivity index (χ1v) is 7.35. The minimum absolute atomic E-state index is 0.311. The van der Waals surface area contributed by atoms with Gasteiger partial charge in [-0.05, 0) is 37.6 Å². The summed E-state index contributed by atoms with van der Waals surface area (Å²) in [6, 6.07) is 0. The summed E-state index contributed by atoms with van der Waals surface area (Å²) in [5.41, 5.74) is -0.568. The van der Waals surface area contributed by atoms with Crippen LogP contribution in [0.3, 0.4) is 0 Å². The van der Waals surface area contributed by atoms with Crippen molar-refractivity contribution in [1.29, 1.82) is 0 Å². The van der Waals surface area contributed by atoms with E-state index in [0.717, 1.165) is 18.4 Å². The third-order valence-electron chi connectivity index (χ3n) is 4.59. The van der Waals surface area contributed by atoms with E-state index in [0.29, 0.717) is 12.5 Å². The molecule has 2 N–H and O–H groups in total. The van der Waals surface area contributed by atoms with E-state index in [4.69, 9.17) is 0 Å². The van der Waals surface area contributed by atoms with Gasteiger partial charge in [-0.3, -0.25) is 0 Å². The molecule has 0 spiro atoms. The van der Waals surface area contributed by atoms with Crippen molar-refractivity contribution in [3.8, 4) is 0 Å². The van der Waals surface area contributed by atoms with Gasteiger partial charge in [0.15, 0.2) is 0 Å². The van der Waals surface area contributed by atoms with Crippen LogP contribution in [-0.2, 0) is 0 Å². The smallest absolute Gasteiger partial charge is 0.0766 e. The fourth-order valence-corrected chi connectivity index (χ4v) is 2.47. The van der Waals surface area contributed by atoms with Gasteiger partial charge in [-0.1, -0.05) is 46.5 Å². The standard InChI is InChI=1S/C15H31NO/c1-12(2)15(4,17)11-16-10-9-14-7-5-13(3)6-8-14/h12-14,16-17H,5-11H2,1-4H3. The lowest BCUT2D eigenvalue weighted by atomic mass is 9.81. The molecule has 2 nitrogen and oxygen atoms in total. The SMILES string of the molecule is CC1CCC(CCNCC(C)(O)C(C)C)CC1. The summed E-state index contributed by atoms with van der Waals surface area (Å²) in [6.07, 6.45) is 6.91. The normalized spacial score (nSPS) is 29.3. The van der Waals surface area contributed by atoms with Crippen molar-refractivity contribution in [3.05, 3.63) is 0 Å². The molecule has 102 valence electrons. The molecule has 0 radical (unpaired) electrons. The van der Waals surface area contributed by atoms with Gasteiger partial charge in [-0.25, -0.2) is 0 Å². The van der Waals surface area contributed by atoms with E-state index in [-0.39, 0.29) is 0 Å². The first-order chi connectivity index (χ1) is 7.92. The minimum Gasteiger partial charge on any atom is -0.389 e. The highest BCUT2D eigenvalue weighted by Crippen LogP contribution is 2.29. The monoisotopic (exact) mass is 241 g/mol. The van der Waals surface area contributed by atoms with Crippen molar-refractivity contribution < 1.29 is 5.11 Å². The molecule has 0 amide bonds. The molecule has 0 heterocycles. The maximum absolute atomic E-state index is 10.1. The summed E-state index contributed by atoms with van der Waals surface area (Å²) < 4.78 is 0. The zero-order valence-electron chi connectivity index (χ0n) is 12.1. The highest BCUT2D eigenvalue weighted by molar-refractivity contribution is 4.79. The number of aliphatic hydroxyl groups is 1. The van der Waals surface area contributed by atoms with Crippen molar-refractivity contribution in [3.63, 3.8) is 0 Å². The Morgan fingerprint density at radius 3 is 2.35 bits per heavy atom. The molecule has 17 heavy (non-hydrogen) atoms. The first-order valence-electron chi connectivity index (χ1n) is 7.35. The van der Waals surface area contributed by atoms with E-state index in [2.05, 4.69) is 26.1 Å². The quantitative estimate of drug-likeness (QED) is 0.700. The number of nitrogens with one attached hydrogen (secondary N) is 1. The Morgan fingerprint density at radius 2 is 1.82 bits per heavy atom. The molecule has 0 aromatic rings. The largest absolute Gasteiger partial charge is 0.389 e. The Morgan fingerprint density at radius 1 is 1.24 bits per heavy atom. The first kappa shape index (κ1) is 15.0. The Balaban J connectivity index is 2.08. The summed E-state index contributed by atoms with van der Waals surface area (Å²) in [5, 5.41) is 13.5. The molecule has 0 saturated heterocycles. The fourth-order valence-electron chi connectivity index (χ4n) is 2.47. The third-order valence-corrected chi connectivity index (χ3v) is 4.59. The predicted molar refractivity (Wildman–Crippen MR) is 74.1 cm³/mol. The highest BCUT2D eigenvalue weighted by atomic mass is 16.3. The lowest BCUT2D eigenvalue weighted by Gasteiger charge is -2.29. The van der Waals surface area contributed by atoms with Crippen LogP contribution in [0.4, 0.5) is 0 Å². The van der Waals surface area contributed by atoms with Crippen molar-refractivity contribution in [2.24, 2.45) is 17.8 Å². The van der Waals surface area contributed by atoms with Gasteiger partial charge >= 0.3 is 0 Å². The van der Waals surface area contributed by atoms with Crippen molar-refractivity contribution in [2.45, 2.75) is 65.4 Å². The van der Waals surface area contributed by atoms with E-state index < -0.39 is 5.60 Å². The summed E-state index contributed by atoms with van der Waals surface area (Å²) in [7, 11) is 0. The van der Waals surface area contributed by atoms with Crippen LogP contribution >= 0.6 is 0 Å². The molecular weight excluding hydrogens is 210 g/mol. The van der Waals surface area contributed by atoms with Crippen molar-refractivity contribution >= 4 is 0 Å². The van der Waals surface area contributed by atoms with E-state index in [1.165, 1.54) is 32.1 Å². The van der Waals surface area contributed by atoms with Gasteiger partial charge in [-0.2, -0.15) is 0 Å². The van der Waals surface area contributed by atoms with Crippen LogP contribution in [0, 0.1) is 17.8 Å². The van der Waals surface area contributed by atoms with Crippen LogP contribution in [0.2, 0.25) is 0 Å². The molecule has 0 aromatic heterocycles. The van der Waals surface area contributed by atoms with Crippen LogP contribution in [-0.4, -0.2) is 23.8 Å². The Bertz CT molecular complexity index is 205. The zero-order chi connectivity index (χ0) is 12.9. The molecule has 0 aromatic carbocycles. The Kier molecular flexibility index (Phi) is 5.94. The maximum Gasteiger partial charge on any atom is 0.0766 e. The van der Waals surface area contributed by atoms with Crippen LogP contribution < -0.4 is 5.32 Å². The van der Waals surface area contributed by atoms with E-state index >= 15 is 0 Å². The van der Waals surface area contributed by atoms with E-state index in [1.54, 1.807) is 0 Å². The molecule has 1 rings (SSSR count). The highest BCUT2D eigenvalue weighted by Gasteiger charge is 2.24. The molecule has 1 unspecified atom stereocenters. The lowest BCUT2D eigenvalue weighted by molar-refractivity contribution is 0.0140. The average molecular weight is 241 g/mol. The van der Waals surface area contributed by atoms with Gasteiger partial charge < -0.3 is 10.4 Å². The fraction of sp³-hybridized carbons (Fsp3) is 1.00. The molecular formula is C15H31NO. The van der Waals surface area contributed by atoms with Crippen LogP contribution in [0.5, 0.6) is 0 Å². The maximum atomic E-state index is 10.1. The van der Waals surface area contributed by atoms with E-state index in [9.17, 15) is 5.11 Å². The van der Waals surface area contributed by atoms with Gasteiger partial charge in [0, 0.05) is 6.54 Å². The second-order valence-electron chi connectivity index (χ2n) is 6.60. The Labute approximate surface area is 107 Å². The number of hydrogen-bond donors (Lipinski definition) is 2. The van der Waals surface area contributed by atoms with E-state index in [1.807, 2.05) is 6.92 Å². The van der Waals surface area contributed by atoms with Gasteiger partial charge in [0.25, 0.3) is 0 Å². The minimum atomic E-state index is -0.568. The predicted octanol–water partition coefficient (Wildman–Crippen LogP) is 3.20. The topological polar surface area (TPSA) is 32.3 Å². The van der Waals surface area contributed by atoms with Gasteiger partial charge in [0.1, 0.15) is 0 Å². The molecule has 2 heteroatoms. The second-order valence-corrected chi connectivity index (χ2v) is 6.60. The molecule has 1 saturated carbocycles. The molecule has 1 aliphatic carbocycles. The second kappa shape index (κ2) is 6.75. The zero-order valence-corrected chi connectivity index (χ0v) is 12.1. The summed E-state index contributed by atoms with van der Waals surface area (Å²) >= 11 is 0. The lowest BCUT2D eigenvalue weighted by Crippen LogP contribution is -2.42. The molecule has 0 aliphatic heterocycles. The summed E-state index contributed by atoms with van der Waals surface area (Å²) in [6.45, 7) is 10.2. The molecule has 1 fully saturated rings. The van der Waals surface area contributed by atoms with Crippen molar-refractivity contribution in [1.82, 2.24) is 5.32 Å². The van der Waals surface area contributed by atoms with Crippen LogP contribution in [0.1, 0.15) is 59.8 Å². The van der Waals surface area contributed by atoms with Crippen molar-refractivity contribution in [2.75, 3.05) is 13.1 Å². The van der Waals surface area contributed by atoms with Gasteiger partial charge in [0.2, 0.25) is 0 Å². The number of rotatable bonds is 6. The third kappa shape index (κ3) is 5.39. The van der Waals surface area contributed by atoms with Gasteiger partial charge in [0.05, 0.1) is 5.60 Å². The number of hydrogen-bond acceptors (Lipinski definition) is 2. The van der Waals surface area contributed by atoms with Crippen LogP contribution in [0.25, 0.3) is 0 Å². The average Bonchev–Trinajstić information content (AvgIpc) is 2.26. The summed E-state index contributed by atoms with van der Waals surface area (Å²) in [4.78, 5) is 0. The van der Waals surface area contributed by atoms with Gasteiger partial charge in [-0.15, -0.1) is 0 Å². The Hall–Kier alpha value is -0.0800. The molecule has 1 atom stereocenters. The van der Waals surface area contributed by atoms with Crippen LogP contribution in [0.15, 0.2) is 0 Å². The molecule has 1 aliphatic rings. The summed E-state index contributed by atoms with van der Waals surface area (Å²) in [5.74, 6) is 2.18.